The number of carbonyl (C=O) groups is 1. The first kappa shape index (κ1) is 17.0. The molecule has 128 valence electrons. The molecule has 0 unspecified atom stereocenters. The van der Waals surface area contributed by atoms with Gasteiger partial charge in [0.25, 0.3) is 0 Å². The lowest BCUT2D eigenvalue weighted by atomic mass is 10.2. The van der Waals surface area contributed by atoms with Gasteiger partial charge >= 0.3 is 0 Å². The highest BCUT2D eigenvalue weighted by molar-refractivity contribution is 7.99. The maximum Gasteiger partial charge on any atom is 0.221 e. The van der Waals surface area contributed by atoms with Gasteiger partial charge < -0.3 is 9.88 Å². The third-order valence-electron chi connectivity index (χ3n) is 4.05. The van der Waals surface area contributed by atoms with Crippen molar-refractivity contribution in [3.05, 3.63) is 41.7 Å². The van der Waals surface area contributed by atoms with Gasteiger partial charge in [0.1, 0.15) is 11.6 Å². The quantitative estimate of drug-likeness (QED) is 0.816. The number of amides is 1. The molecular formula is C17H21FN4OS. The fourth-order valence-electron chi connectivity index (χ4n) is 2.76. The van der Waals surface area contributed by atoms with Crippen LogP contribution in [0.25, 0.3) is 0 Å². The summed E-state index contributed by atoms with van der Waals surface area (Å²) in [5.41, 5.74) is 0. The summed E-state index contributed by atoms with van der Waals surface area (Å²) in [6.45, 7) is 1.33. The first-order valence-corrected chi connectivity index (χ1v) is 9.27. The molecule has 1 amide bonds. The molecule has 1 aromatic heterocycles. The van der Waals surface area contributed by atoms with Crippen molar-refractivity contribution in [3.8, 4) is 0 Å². The Morgan fingerprint density at radius 1 is 1.25 bits per heavy atom. The van der Waals surface area contributed by atoms with Crippen molar-refractivity contribution in [2.24, 2.45) is 0 Å². The van der Waals surface area contributed by atoms with E-state index in [1.165, 1.54) is 24.2 Å². The fourth-order valence-corrected chi connectivity index (χ4v) is 3.65. The van der Waals surface area contributed by atoms with E-state index in [0.717, 1.165) is 37.5 Å². The van der Waals surface area contributed by atoms with E-state index in [2.05, 4.69) is 20.1 Å². The summed E-state index contributed by atoms with van der Waals surface area (Å²) in [6.07, 6.45) is 4.80. The minimum atomic E-state index is -0.242. The zero-order chi connectivity index (χ0) is 16.8. The first-order valence-electron chi connectivity index (χ1n) is 8.29. The molecule has 0 atom stereocenters. The number of thioether (sulfide) groups is 1. The second-order valence-corrected chi connectivity index (χ2v) is 6.94. The van der Waals surface area contributed by atoms with Crippen molar-refractivity contribution in [1.82, 2.24) is 20.1 Å². The van der Waals surface area contributed by atoms with Crippen molar-refractivity contribution in [2.45, 2.75) is 50.1 Å². The minimum absolute atomic E-state index is 0.0511. The maximum atomic E-state index is 13.5. The number of aromatic nitrogens is 3. The lowest BCUT2D eigenvalue weighted by Gasteiger charge is -2.08. The van der Waals surface area contributed by atoms with E-state index in [9.17, 15) is 9.18 Å². The second kappa shape index (κ2) is 8.28. The SMILES string of the molecule is O=C(CCSc1ccccc1F)NCc1nnc2n1CCCCC2. The van der Waals surface area contributed by atoms with Gasteiger partial charge in [-0.2, -0.15) is 0 Å². The molecule has 1 aliphatic rings. The van der Waals surface area contributed by atoms with Crippen LogP contribution in [0.1, 0.15) is 37.3 Å². The zero-order valence-electron chi connectivity index (χ0n) is 13.5. The molecule has 5 nitrogen and oxygen atoms in total. The number of hydrogen-bond acceptors (Lipinski definition) is 4. The maximum absolute atomic E-state index is 13.5. The Labute approximate surface area is 145 Å². The van der Waals surface area contributed by atoms with Crippen molar-refractivity contribution < 1.29 is 9.18 Å². The van der Waals surface area contributed by atoms with Crippen LogP contribution in [0, 0.1) is 5.82 Å². The van der Waals surface area contributed by atoms with Crippen LogP contribution in [-0.2, 0) is 24.3 Å². The molecule has 0 saturated heterocycles. The number of nitrogens with zero attached hydrogens (tertiary/aromatic N) is 3. The number of carbonyl (C=O) groups excluding carboxylic acids is 1. The van der Waals surface area contributed by atoms with E-state index in [1.807, 2.05) is 0 Å². The smallest absolute Gasteiger partial charge is 0.221 e. The molecule has 1 aliphatic heterocycles. The van der Waals surface area contributed by atoms with E-state index >= 15 is 0 Å². The van der Waals surface area contributed by atoms with E-state index in [4.69, 9.17) is 0 Å². The van der Waals surface area contributed by atoms with E-state index < -0.39 is 0 Å². The lowest BCUT2D eigenvalue weighted by molar-refractivity contribution is -0.120. The number of fused-ring (bicyclic) bond motifs is 1. The molecule has 24 heavy (non-hydrogen) atoms. The normalized spacial score (nSPS) is 14.0. The highest BCUT2D eigenvalue weighted by Gasteiger charge is 2.15. The molecule has 0 radical (unpaired) electrons. The van der Waals surface area contributed by atoms with Crippen LogP contribution in [0.4, 0.5) is 4.39 Å². The summed E-state index contributed by atoms with van der Waals surface area (Å²) >= 11 is 1.36. The van der Waals surface area contributed by atoms with E-state index in [1.54, 1.807) is 18.2 Å². The van der Waals surface area contributed by atoms with Gasteiger partial charge in [0.2, 0.25) is 5.91 Å². The Morgan fingerprint density at radius 3 is 3.00 bits per heavy atom. The summed E-state index contributed by atoms with van der Waals surface area (Å²) in [6, 6.07) is 6.61. The lowest BCUT2D eigenvalue weighted by Crippen LogP contribution is -2.25. The topological polar surface area (TPSA) is 59.8 Å². The summed E-state index contributed by atoms with van der Waals surface area (Å²) in [4.78, 5) is 12.6. The number of hydrogen-bond donors (Lipinski definition) is 1. The van der Waals surface area contributed by atoms with Crippen LogP contribution in [0.3, 0.4) is 0 Å². The van der Waals surface area contributed by atoms with Gasteiger partial charge in [0.15, 0.2) is 5.82 Å². The molecule has 0 spiro atoms. The Balaban J connectivity index is 1.45. The molecular weight excluding hydrogens is 327 g/mol. The predicted molar refractivity (Wildman–Crippen MR) is 91.2 cm³/mol. The molecule has 2 aromatic rings. The Morgan fingerprint density at radius 2 is 2.12 bits per heavy atom. The number of rotatable bonds is 6. The van der Waals surface area contributed by atoms with Crippen molar-refractivity contribution in [2.75, 3.05) is 5.75 Å². The highest BCUT2D eigenvalue weighted by Crippen LogP contribution is 2.21. The molecule has 1 aromatic carbocycles. The van der Waals surface area contributed by atoms with Crippen LogP contribution in [-0.4, -0.2) is 26.4 Å². The highest BCUT2D eigenvalue weighted by atomic mass is 32.2. The van der Waals surface area contributed by atoms with Gasteiger partial charge in [0, 0.05) is 30.0 Å². The predicted octanol–water partition coefficient (Wildman–Crippen LogP) is 2.94. The average Bonchev–Trinajstić information content (AvgIpc) is 2.81. The monoisotopic (exact) mass is 348 g/mol. The van der Waals surface area contributed by atoms with Crippen molar-refractivity contribution in [3.63, 3.8) is 0 Å². The largest absolute Gasteiger partial charge is 0.349 e. The molecule has 7 heteroatoms. The summed E-state index contributed by atoms with van der Waals surface area (Å²) in [7, 11) is 0. The first-order chi connectivity index (χ1) is 11.7. The van der Waals surface area contributed by atoms with Gasteiger partial charge in [-0.05, 0) is 25.0 Å². The van der Waals surface area contributed by atoms with Crippen LogP contribution in [0.5, 0.6) is 0 Å². The van der Waals surface area contributed by atoms with E-state index in [0.29, 0.717) is 23.6 Å². The number of nitrogens with one attached hydrogen (secondary N) is 1. The summed E-state index contributed by atoms with van der Waals surface area (Å²) in [5, 5.41) is 11.3. The number of benzene rings is 1. The van der Waals surface area contributed by atoms with Gasteiger partial charge in [-0.15, -0.1) is 22.0 Å². The fraction of sp³-hybridized carbons (Fsp3) is 0.471. The van der Waals surface area contributed by atoms with Crippen molar-refractivity contribution >= 4 is 17.7 Å². The average molecular weight is 348 g/mol. The summed E-state index contributed by atoms with van der Waals surface area (Å²) < 4.78 is 15.6. The standard InChI is InChI=1S/C17H21FN4OS/c18-13-6-3-4-7-14(13)24-11-9-17(23)19-12-16-21-20-15-8-2-1-5-10-22(15)16/h3-4,6-7H,1-2,5,8-12H2,(H,19,23). The second-order valence-electron chi connectivity index (χ2n) is 5.80. The third-order valence-corrected chi connectivity index (χ3v) is 5.10. The molecule has 0 bridgehead atoms. The third kappa shape index (κ3) is 4.35. The molecule has 0 saturated carbocycles. The Kier molecular flexibility index (Phi) is 5.85. The molecule has 0 fully saturated rings. The van der Waals surface area contributed by atoms with Crippen LogP contribution in [0.15, 0.2) is 29.2 Å². The summed E-state index contributed by atoms with van der Waals surface area (Å²) in [5.74, 6) is 2.10. The minimum Gasteiger partial charge on any atom is -0.349 e. The van der Waals surface area contributed by atoms with Gasteiger partial charge in [0.05, 0.1) is 6.54 Å². The van der Waals surface area contributed by atoms with Gasteiger partial charge in [-0.3, -0.25) is 4.79 Å². The Hall–Kier alpha value is -1.89. The van der Waals surface area contributed by atoms with E-state index in [-0.39, 0.29) is 11.7 Å². The number of aryl methyl sites for hydroxylation is 1. The molecule has 1 N–H and O–H groups in total. The van der Waals surface area contributed by atoms with Crippen LogP contribution >= 0.6 is 11.8 Å². The van der Waals surface area contributed by atoms with Crippen molar-refractivity contribution in [1.29, 1.82) is 0 Å². The zero-order valence-corrected chi connectivity index (χ0v) is 14.3. The van der Waals surface area contributed by atoms with Gasteiger partial charge in [-0.1, -0.05) is 18.6 Å². The van der Waals surface area contributed by atoms with Crippen LogP contribution in [0.2, 0.25) is 0 Å². The molecule has 3 rings (SSSR count). The molecule has 2 heterocycles. The number of halogens is 1. The molecule has 0 aliphatic carbocycles. The van der Waals surface area contributed by atoms with Gasteiger partial charge in [-0.25, -0.2) is 4.39 Å². The van der Waals surface area contributed by atoms with Crippen LogP contribution < -0.4 is 5.32 Å². The Bertz CT molecular complexity index is 704.